The van der Waals surface area contributed by atoms with Gasteiger partial charge in [0.15, 0.2) is 0 Å². The van der Waals surface area contributed by atoms with Crippen LogP contribution in [0.15, 0.2) is 24.3 Å². The molecule has 0 aliphatic carbocycles. The molecule has 0 spiro atoms. The summed E-state index contributed by atoms with van der Waals surface area (Å²) < 4.78 is 5.40. The van der Waals surface area contributed by atoms with E-state index in [1.807, 2.05) is 18.2 Å². The summed E-state index contributed by atoms with van der Waals surface area (Å²) in [6.07, 6.45) is 1.11. The second kappa shape index (κ2) is 4.97. The number of nitrogens with two attached hydrogens (primary N) is 1. The van der Waals surface area contributed by atoms with Crippen molar-refractivity contribution < 1.29 is 4.74 Å². The maximum Gasteiger partial charge on any atom is 0.0501 e. The Morgan fingerprint density at radius 2 is 2.40 bits per heavy atom. The Morgan fingerprint density at radius 1 is 1.53 bits per heavy atom. The molecule has 0 aromatic heterocycles. The summed E-state index contributed by atoms with van der Waals surface area (Å²) in [4.78, 5) is 0. The third kappa shape index (κ3) is 2.51. The van der Waals surface area contributed by atoms with Crippen molar-refractivity contribution in [3.63, 3.8) is 0 Å². The molecule has 1 heterocycles. The summed E-state index contributed by atoms with van der Waals surface area (Å²) >= 11 is 5.98. The van der Waals surface area contributed by atoms with Crippen LogP contribution in [0.2, 0.25) is 5.02 Å². The fourth-order valence-electron chi connectivity index (χ4n) is 2.21. The average molecular weight is 226 g/mol. The third-order valence-electron chi connectivity index (χ3n) is 3.06. The normalized spacial score (nSPS) is 22.9. The molecule has 2 rings (SSSR count). The second-order valence-corrected chi connectivity index (χ2v) is 4.46. The minimum Gasteiger partial charge on any atom is -0.381 e. The van der Waals surface area contributed by atoms with Gasteiger partial charge in [0.25, 0.3) is 0 Å². The molecule has 1 saturated heterocycles. The van der Waals surface area contributed by atoms with Crippen LogP contribution in [0.1, 0.15) is 17.9 Å². The van der Waals surface area contributed by atoms with Gasteiger partial charge < -0.3 is 10.5 Å². The first-order valence-corrected chi connectivity index (χ1v) is 5.72. The Labute approximate surface area is 95.4 Å². The van der Waals surface area contributed by atoms with E-state index in [-0.39, 0.29) is 0 Å². The van der Waals surface area contributed by atoms with Gasteiger partial charge in [0.1, 0.15) is 0 Å². The lowest BCUT2D eigenvalue weighted by Crippen LogP contribution is -2.21. The zero-order valence-electron chi connectivity index (χ0n) is 8.66. The van der Waals surface area contributed by atoms with Crippen molar-refractivity contribution in [2.75, 3.05) is 19.8 Å². The Morgan fingerprint density at radius 3 is 3.00 bits per heavy atom. The monoisotopic (exact) mass is 225 g/mol. The van der Waals surface area contributed by atoms with Crippen LogP contribution in [-0.4, -0.2) is 19.8 Å². The Kier molecular flexibility index (Phi) is 3.62. The van der Waals surface area contributed by atoms with E-state index in [1.54, 1.807) is 0 Å². The van der Waals surface area contributed by atoms with Gasteiger partial charge in [0, 0.05) is 17.5 Å². The van der Waals surface area contributed by atoms with Crippen LogP contribution in [0.5, 0.6) is 0 Å². The van der Waals surface area contributed by atoms with Crippen molar-refractivity contribution in [3.8, 4) is 0 Å². The van der Waals surface area contributed by atoms with Gasteiger partial charge in [-0.1, -0.05) is 23.7 Å². The van der Waals surface area contributed by atoms with Crippen molar-refractivity contribution in [2.45, 2.75) is 12.3 Å². The molecule has 0 amide bonds. The maximum absolute atomic E-state index is 5.98. The molecule has 0 radical (unpaired) electrons. The van der Waals surface area contributed by atoms with Crippen molar-refractivity contribution in [1.29, 1.82) is 0 Å². The van der Waals surface area contributed by atoms with Gasteiger partial charge in [-0.3, -0.25) is 0 Å². The molecule has 3 heteroatoms. The van der Waals surface area contributed by atoms with Gasteiger partial charge in [-0.05, 0) is 36.6 Å². The molecular weight excluding hydrogens is 210 g/mol. The molecule has 82 valence electrons. The molecule has 2 N–H and O–H groups in total. The number of ether oxygens (including phenoxy) is 1. The SMILES string of the molecule is NCC(c1cccc(Cl)c1)C1CCOC1. The number of hydrogen-bond donors (Lipinski definition) is 1. The Hall–Kier alpha value is -0.570. The molecule has 1 aromatic rings. The van der Waals surface area contributed by atoms with Gasteiger partial charge in [-0.2, -0.15) is 0 Å². The number of hydrogen-bond acceptors (Lipinski definition) is 2. The predicted molar refractivity (Wildman–Crippen MR) is 62.2 cm³/mol. The average Bonchev–Trinajstić information content (AvgIpc) is 2.72. The van der Waals surface area contributed by atoms with Crippen molar-refractivity contribution in [1.82, 2.24) is 0 Å². The lowest BCUT2D eigenvalue weighted by Gasteiger charge is -2.21. The Balaban J connectivity index is 2.18. The summed E-state index contributed by atoms with van der Waals surface area (Å²) in [5.41, 5.74) is 7.07. The fourth-order valence-corrected chi connectivity index (χ4v) is 2.41. The Bertz CT molecular complexity index is 323. The van der Waals surface area contributed by atoms with E-state index in [4.69, 9.17) is 22.1 Å². The van der Waals surface area contributed by atoms with Gasteiger partial charge >= 0.3 is 0 Å². The lowest BCUT2D eigenvalue weighted by molar-refractivity contribution is 0.181. The minimum atomic E-state index is 0.381. The van der Waals surface area contributed by atoms with Crippen LogP contribution in [-0.2, 0) is 4.74 Å². The molecule has 0 saturated carbocycles. The van der Waals surface area contributed by atoms with Crippen LogP contribution in [0.25, 0.3) is 0 Å². The molecule has 1 fully saturated rings. The van der Waals surface area contributed by atoms with Crippen LogP contribution in [0, 0.1) is 5.92 Å². The van der Waals surface area contributed by atoms with E-state index in [0.29, 0.717) is 18.4 Å². The highest BCUT2D eigenvalue weighted by Gasteiger charge is 2.25. The fraction of sp³-hybridized carbons (Fsp3) is 0.500. The highest BCUT2D eigenvalue weighted by molar-refractivity contribution is 6.30. The minimum absolute atomic E-state index is 0.381. The lowest BCUT2D eigenvalue weighted by atomic mass is 9.85. The first kappa shape index (κ1) is 10.9. The topological polar surface area (TPSA) is 35.2 Å². The maximum atomic E-state index is 5.98. The standard InChI is InChI=1S/C12H16ClNO/c13-11-3-1-2-9(6-11)12(7-14)10-4-5-15-8-10/h1-3,6,10,12H,4-5,7-8,14H2. The highest BCUT2D eigenvalue weighted by Crippen LogP contribution is 2.31. The summed E-state index contributed by atoms with van der Waals surface area (Å²) in [5, 5.41) is 0.782. The molecule has 1 aromatic carbocycles. The predicted octanol–water partition coefficient (Wildman–Crippen LogP) is 2.42. The van der Waals surface area contributed by atoms with E-state index in [2.05, 4.69) is 6.07 Å². The van der Waals surface area contributed by atoms with Crippen molar-refractivity contribution in [3.05, 3.63) is 34.9 Å². The molecule has 2 atom stereocenters. The largest absolute Gasteiger partial charge is 0.381 e. The quantitative estimate of drug-likeness (QED) is 0.858. The van der Waals surface area contributed by atoms with E-state index >= 15 is 0 Å². The number of benzene rings is 1. The van der Waals surface area contributed by atoms with E-state index < -0.39 is 0 Å². The number of rotatable bonds is 3. The molecular formula is C12H16ClNO. The van der Waals surface area contributed by atoms with Gasteiger partial charge in [0.05, 0.1) is 6.61 Å². The van der Waals surface area contributed by atoms with Gasteiger partial charge in [-0.25, -0.2) is 0 Å². The second-order valence-electron chi connectivity index (χ2n) is 4.02. The summed E-state index contributed by atoms with van der Waals surface area (Å²) in [7, 11) is 0. The van der Waals surface area contributed by atoms with Crippen LogP contribution in [0.4, 0.5) is 0 Å². The first-order chi connectivity index (χ1) is 7.31. The summed E-state index contributed by atoms with van der Waals surface area (Å²) in [5.74, 6) is 0.930. The molecule has 1 aliphatic rings. The van der Waals surface area contributed by atoms with Gasteiger partial charge in [0.2, 0.25) is 0 Å². The van der Waals surface area contributed by atoms with E-state index in [1.165, 1.54) is 5.56 Å². The van der Waals surface area contributed by atoms with E-state index in [9.17, 15) is 0 Å². The van der Waals surface area contributed by atoms with Crippen LogP contribution < -0.4 is 5.73 Å². The summed E-state index contributed by atoms with van der Waals surface area (Å²) in [6, 6.07) is 7.99. The van der Waals surface area contributed by atoms with E-state index in [0.717, 1.165) is 24.7 Å². The van der Waals surface area contributed by atoms with Crippen molar-refractivity contribution >= 4 is 11.6 Å². The zero-order chi connectivity index (χ0) is 10.7. The molecule has 2 nitrogen and oxygen atoms in total. The smallest absolute Gasteiger partial charge is 0.0501 e. The van der Waals surface area contributed by atoms with Crippen LogP contribution >= 0.6 is 11.6 Å². The molecule has 2 unspecified atom stereocenters. The third-order valence-corrected chi connectivity index (χ3v) is 3.30. The zero-order valence-corrected chi connectivity index (χ0v) is 9.41. The molecule has 1 aliphatic heterocycles. The van der Waals surface area contributed by atoms with Crippen LogP contribution in [0.3, 0.4) is 0 Å². The van der Waals surface area contributed by atoms with Gasteiger partial charge in [-0.15, -0.1) is 0 Å². The molecule has 15 heavy (non-hydrogen) atoms. The highest BCUT2D eigenvalue weighted by atomic mass is 35.5. The molecule has 0 bridgehead atoms. The summed E-state index contributed by atoms with van der Waals surface area (Å²) in [6.45, 7) is 2.35. The number of halogens is 1. The van der Waals surface area contributed by atoms with Crippen molar-refractivity contribution in [2.24, 2.45) is 11.7 Å². The first-order valence-electron chi connectivity index (χ1n) is 5.34.